The Morgan fingerprint density at radius 3 is 2.50 bits per heavy atom. The summed E-state index contributed by atoms with van der Waals surface area (Å²) < 4.78 is 4.38. The maximum atomic E-state index is 10.9. The first-order valence-electron chi connectivity index (χ1n) is 3.48. The van der Waals surface area contributed by atoms with E-state index in [9.17, 15) is 9.59 Å². The standard InChI is InChI=1S/C8H11NO3/c1-4-7(10)9(5-2)6-8(11)12-3/h1H,5-6H2,2-3H3. The summed E-state index contributed by atoms with van der Waals surface area (Å²) in [7, 11) is 1.26. The van der Waals surface area contributed by atoms with Gasteiger partial charge in [0.2, 0.25) is 0 Å². The third-order valence-electron chi connectivity index (χ3n) is 1.34. The summed E-state index contributed by atoms with van der Waals surface area (Å²) in [6.07, 6.45) is 4.87. The molecule has 0 N–H and O–H groups in total. The molecule has 0 heterocycles. The molecule has 0 rings (SSSR count). The Hall–Kier alpha value is -1.50. The van der Waals surface area contributed by atoms with Crippen LogP contribution < -0.4 is 0 Å². The maximum absolute atomic E-state index is 10.9. The number of carbonyl (C=O) groups is 2. The minimum Gasteiger partial charge on any atom is -0.468 e. The van der Waals surface area contributed by atoms with Gasteiger partial charge < -0.3 is 9.64 Å². The topological polar surface area (TPSA) is 46.6 Å². The Morgan fingerprint density at radius 2 is 2.17 bits per heavy atom. The van der Waals surface area contributed by atoms with Gasteiger partial charge in [0.1, 0.15) is 6.54 Å². The minimum absolute atomic E-state index is 0.0873. The monoisotopic (exact) mass is 169 g/mol. The van der Waals surface area contributed by atoms with E-state index >= 15 is 0 Å². The summed E-state index contributed by atoms with van der Waals surface area (Å²) in [5, 5.41) is 0. The first-order valence-corrected chi connectivity index (χ1v) is 3.48. The number of terminal acetylenes is 1. The molecule has 0 radical (unpaired) electrons. The van der Waals surface area contributed by atoms with Gasteiger partial charge in [-0.2, -0.15) is 0 Å². The van der Waals surface area contributed by atoms with Crippen molar-refractivity contribution >= 4 is 11.9 Å². The van der Waals surface area contributed by atoms with Gasteiger partial charge in [0.25, 0.3) is 5.91 Å². The third-order valence-corrected chi connectivity index (χ3v) is 1.34. The largest absolute Gasteiger partial charge is 0.468 e. The van der Waals surface area contributed by atoms with Crippen LogP contribution >= 0.6 is 0 Å². The van der Waals surface area contributed by atoms with Gasteiger partial charge in [-0.05, 0) is 12.8 Å². The summed E-state index contributed by atoms with van der Waals surface area (Å²) >= 11 is 0. The molecular weight excluding hydrogens is 158 g/mol. The second-order valence-corrected chi connectivity index (χ2v) is 2.04. The summed E-state index contributed by atoms with van der Waals surface area (Å²) in [6.45, 7) is 2.05. The van der Waals surface area contributed by atoms with Gasteiger partial charge >= 0.3 is 5.97 Å². The van der Waals surface area contributed by atoms with Gasteiger partial charge in [-0.15, -0.1) is 6.42 Å². The Bertz CT molecular complexity index is 217. The average molecular weight is 169 g/mol. The number of amides is 1. The van der Waals surface area contributed by atoms with Crippen molar-refractivity contribution in [2.45, 2.75) is 6.92 Å². The molecule has 0 aromatic rings. The zero-order valence-corrected chi connectivity index (χ0v) is 7.16. The molecule has 0 unspecified atom stereocenters. The summed E-state index contributed by atoms with van der Waals surface area (Å²) in [4.78, 5) is 22.8. The second kappa shape index (κ2) is 5.19. The van der Waals surface area contributed by atoms with E-state index in [1.807, 2.05) is 5.92 Å². The van der Waals surface area contributed by atoms with E-state index in [0.717, 1.165) is 0 Å². The minimum atomic E-state index is -0.497. The molecule has 0 fully saturated rings. The SMILES string of the molecule is C#CC(=O)N(CC)CC(=O)OC. The molecule has 1 amide bonds. The number of esters is 1. The van der Waals surface area contributed by atoms with Crippen molar-refractivity contribution in [3.8, 4) is 12.3 Å². The highest BCUT2D eigenvalue weighted by Crippen LogP contribution is 1.89. The molecule has 0 aromatic heterocycles. The van der Waals surface area contributed by atoms with Crippen molar-refractivity contribution in [1.82, 2.24) is 4.90 Å². The van der Waals surface area contributed by atoms with Crippen LogP contribution in [0.15, 0.2) is 0 Å². The van der Waals surface area contributed by atoms with Crippen LogP contribution in [-0.4, -0.2) is 37.0 Å². The first kappa shape index (κ1) is 10.5. The lowest BCUT2D eigenvalue weighted by molar-refractivity contribution is -0.145. The highest BCUT2D eigenvalue weighted by Gasteiger charge is 2.12. The fourth-order valence-corrected chi connectivity index (χ4v) is 0.639. The molecule has 4 heteroatoms. The molecule has 0 bridgehead atoms. The van der Waals surface area contributed by atoms with Crippen LogP contribution in [0.25, 0.3) is 0 Å². The van der Waals surface area contributed by atoms with E-state index in [1.54, 1.807) is 6.92 Å². The molecule has 0 atom stereocenters. The van der Waals surface area contributed by atoms with E-state index in [4.69, 9.17) is 6.42 Å². The lowest BCUT2D eigenvalue weighted by Gasteiger charge is -2.15. The van der Waals surface area contributed by atoms with E-state index in [2.05, 4.69) is 4.74 Å². The normalized spacial score (nSPS) is 8.42. The summed E-state index contributed by atoms with van der Waals surface area (Å²) in [5.41, 5.74) is 0. The Morgan fingerprint density at radius 1 is 1.58 bits per heavy atom. The van der Waals surface area contributed by atoms with Gasteiger partial charge in [-0.25, -0.2) is 0 Å². The molecule has 4 nitrogen and oxygen atoms in total. The molecule has 0 aliphatic heterocycles. The smallest absolute Gasteiger partial charge is 0.325 e. The fraction of sp³-hybridized carbons (Fsp3) is 0.500. The van der Waals surface area contributed by atoms with Gasteiger partial charge in [-0.3, -0.25) is 9.59 Å². The number of methoxy groups -OCH3 is 1. The van der Waals surface area contributed by atoms with Crippen LogP contribution in [0.2, 0.25) is 0 Å². The van der Waals surface area contributed by atoms with Crippen LogP contribution in [0.1, 0.15) is 6.92 Å². The average Bonchev–Trinajstić information content (AvgIpc) is 2.12. The Balaban J connectivity index is 4.11. The quantitative estimate of drug-likeness (QED) is 0.428. The molecule has 0 aliphatic carbocycles. The lowest BCUT2D eigenvalue weighted by atomic mass is 10.4. The molecule has 0 aliphatic rings. The number of nitrogens with zero attached hydrogens (tertiary/aromatic N) is 1. The predicted octanol–water partition coefficient (Wildman–Crippen LogP) is -0.359. The van der Waals surface area contributed by atoms with Crippen molar-refractivity contribution in [2.24, 2.45) is 0 Å². The first-order chi connectivity index (χ1) is 5.65. The molecule has 66 valence electrons. The Labute approximate surface area is 71.5 Å². The zero-order chi connectivity index (χ0) is 9.56. The van der Waals surface area contributed by atoms with Crippen molar-refractivity contribution in [3.63, 3.8) is 0 Å². The van der Waals surface area contributed by atoms with E-state index in [1.165, 1.54) is 12.0 Å². The van der Waals surface area contributed by atoms with Crippen molar-refractivity contribution < 1.29 is 14.3 Å². The number of hydrogen-bond acceptors (Lipinski definition) is 3. The molecule has 0 aromatic carbocycles. The molecular formula is C8H11NO3. The van der Waals surface area contributed by atoms with E-state index in [0.29, 0.717) is 6.54 Å². The predicted molar refractivity (Wildman–Crippen MR) is 43.1 cm³/mol. The number of rotatable bonds is 3. The number of hydrogen-bond donors (Lipinski definition) is 0. The summed E-state index contributed by atoms with van der Waals surface area (Å²) in [5.74, 6) is 0.956. The van der Waals surface area contributed by atoms with E-state index < -0.39 is 11.9 Å². The highest BCUT2D eigenvalue weighted by atomic mass is 16.5. The number of ether oxygens (including phenoxy) is 1. The van der Waals surface area contributed by atoms with Crippen LogP contribution in [0.5, 0.6) is 0 Å². The van der Waals surface area contributed by atoms with Crippen LogP contribution in [-0.2, 0) is 14.3 Å². The molecule has 0 saturated carbocycles. The molecule has 0 spiro atoms. The van der Waals surface area contributed by atoms with Crippen molar-refractivity contribution in [2.75, 3.05) is 20.2 Å². The van der Waals surface area contributed by atoms with Gasteiger partial charge in [-0.1, -0.05) is 0 Å². The van der Waals surface area contributed by atoms with Crippen LogP contribution in [0, 0.1) is 12.3 Å². The van der Waals surface area contributed by atoms with Crippen molar-refractivity contribution in [1.29, 1.82) is 0 Å². The summed E-state index contributed by atoms with van der Waals surface area (Å²) in [6, 6.07) is 0. The zero-order valence-electron chi connectivity index (χ0n) is 7.16. The maximum Gasteiger partial charge on any atom is 0.325 e. The number of likely N-dealkylation sites (N-methyl/N-ethyl adjacent to an activating group) is 1. The molecule has 12 heavy (non-hydrogen) atoms. The lowest BCUT2D eigenvalue weighted by Crippen LogP contribution is -2.35. The second-order valence-electron chi connectivity index (χ2n) is 2.04. The van der Waals surface area contributed by atoms with Crippen molar-refractivity contribution in [3.05, 3.63) is 0 Å². The fourth-order valence-electron chi connectivity index (χ4n) is 0.639. The third kappa shape index (κ3) is 3.06. The van der Waals surface area contributed by atoms with Crippen LogP contribution in [0.4, 0.5) is 0 Å². The highest BCUT2D eigenvalue weighted by molar-refractivity contribution is 5.94. The number of carbonyl (C=O) groups excluding carboxylic acids is 2. The van der Waals surface area contributed by atoms with Crippen LogP contribution in [0.3, 0.4) is 0 Å². The van der Waals surface area contributed by atoms with Gasteiger partial charge in [0.15, 0.2) is 0 Å². The van der Waals surface area contributed by atoms with E-state index in [-0.39, 0.29) is 6.54 Å². The molecule has 0 saturated heterocycles. The Kier molecular flexibility index (Phi) is 4.54. The van der Waals surface area contributed by atoms with Gasteiger partial charge in [0.05, 0.1) is 7.11 Å². The van der Waals surface area contributed by atoms with Gasteiger partial charge in [0, 0.05) is 6.54 Å².